The lowest BCUT2D eigenvalue weighted by molar-refractivity contribution is 0.455. The van der Waals surface area contributed by atoms with Crippen LogP contribution in [0.25, 0.3) is 0 Å². The highest BCUT2D eigenvalue weighted by Gasteiger charge is 2.23. The van der Waals surface area contributed by atoms with Crippen LogP contribution in [0.4, 0.5) is 0 Å². The minimum absolute atomic E-state index is 0.0363. The summed E-state index contributed by atoms with van der Waals surface area (Å²) in [5.74, 6) is 0.328. The van der Waals surface area contributed by atoms with Crippen molar-refractivity contribution in [2.45, 2.75) is 19.4 Å². The Morgan fingerprint density at radius 3 is 2.65 bits per heavy atom. The second kappa shape index (κ2) is 5.29. The standard InChI is InChI=1S/C16H15BrN2O/c1-10-2-7-13(16(20)8-10)15-9-14(18-19-15)11-3-5-12(17)6-4-11/h2-8,15,19-20H,9H2,1H3. The van der Waals surface area contributed by atoms with E-state index in [-0.39, 0.29) is 6.04 Å². The molecule has 4 heteroatoms. The van der Waals surface area contributed by atoms with Gasteiger partial charge in [-0.1, -0.05) is 40.2 Å². The van der Waals surface area contributed by atoms with Crippen LogP contribution in [0.5, 0.6) is 5.75 Å². The number of hydrazone groups is 1. The van der Waals surface area contributed by atoms with E-state index in [4.69, 9.17) is 0 Å². The van der Waals surface area contributed by atoms with Crippen molar-refractivity contribution in [3.8, 4) is 5.75 Å². The maximum absolute atomic E-state index is 10.0. The summed E-state index contributed by atoms with van der Waals surface area (Å²) >= 11 is 3.43. The number of aromatic hydroxyl groups is 1. The lowest BCUT2D eigenvalue weighted by atomic mass is 9.98. The van der Waals surface area contributed by atoms with Gasteiger partial charge in [0.2, 0.25) is 0 Å². The third kappa shape index (κ3) is 2.56. The van der Waals surface area contributed by atoms with E-state index in [0.717, 1.165) is 33.3 Å². The molecule has 1 atom stereocenters. The fourth-order valence-electron chi connectivity index (χ4n) is 2.39. The monoisotopic (exact) mass is 330 g/mol. The van der Waals surface area contributed by atoms with Crippen LogP contribution >= 0.6 is 15.9 Å². The van der Waals surface area contributed by atoms with E-state index in [0.29, 0.717) is 5.75 Å². The van der Waals surface area contributed by atoms with Gasteiger partial charge in [0.15, 0.2) is 0 Å². The summed E-state index contributed by atoms with van der Waals surface area (Å²) in [6.07, 6.45) is 0.776. The second-order valence-electron chi connectivity index (χ2n) is 5.01. The number of hydrogen-bond donors (Lipinski definition) is 2. The van der Waals surface area contributed by atoms with Crippen LogP contribution in [0.15, 0.2) is 52.0 Å². The molecular weight excluding hydrogens is 316 g/mol. The zero-order chi connectivity index (χ0) is 14.1. The molecule has 0 radical (unpaired) electrons. The third-order valence-electron chi connectivity index (χ3n) is 3.49. The first-order valence-electron chi connectivity index (χ1n) is 6.51. The van der Waals surface area contributed by atoms with E-state index >= 15 is 0 Å². The minimum Gasteiger partial charge on any atom is -0.508 e. The number of aryl methyl sites for hydroxylation is 1. The Balaban J connectivity index is 1.80. The molecule has 0 spiro atoms. The topological polar surface area (TPSA) is 44.6 Å². The Bertz CT molecular complexity index is 665. The van der Waals surface area contributed by atoms with E-state index < -0.39 is 0 Å². The van der Waals surface area contributed by atoms with Crippen molar-refractivity contribution in [1.82, 2.24) is 5.43 Å². The molecule has 3 rings (SSSR count). The number of nitrogens with one attached hydrogen (secondary N) is 1. The molecule has 0 saturated heterocycles. The first-order chi connectivity index (χ1) is 9.63. The van der Waals surface area contributed by atoms with Crippen molar-refractivity contribution < 1.29 is 5.11 Å². The molecule has 0 amide bonds. The van der Waals surface area contributed by atoms with Crippen molar-refractivity contribution >= 4 is 21.6 Å². The van der Waals surface area contributed by atoms with Crippen molar-refractivity contribution in [3.05, 3.63) is 63.6 Å². The SMILES string of the molecule is Cc1ccc(C2CC(c3ccc(Br)cc3)=NN2)c(O)c1. The maximum atomic E-state index is 10.0. The van der Waals surface area contributed by atoms with Crippen molar-refractivity contribution in [2.24, 2.45) is 5.10 Å². The predicted molar refractivity (Wildman–Crippen MR) is 84.0 cm³/mol. The molecule has 2 N–H and O–H groups in total. The first-order valence-corrected chi connectivity index (χ1v) is 7.30. The summed E-state index contributed by atoms with van der Waals surface area (Å²) < 4.78 is 1.06. The van der Waals surface area contributed by atoms with Crippen LogP contribution in [0.3, 0.4) is 0 Å². The molecule has 3 nitrogen and oxygen atoms in total. The highest BCUT2D eigenvalue weighted by Crippen LogP contribution is 2.31. The Morgan fingerprint density at radius 2 is 1.95 bits per heavy atom. The normalized spacial score (nSPS) is 17.7. The predicted octanol–water partition coefficient (Wildman–Crippen LogP) is 3.90. The Labute approximate surface area is 126 Å². The maximum Gasteiger partial charge on any atom is 0.121 e. The van der Waals surface area contributed by atoms with Crippen LogP contribution in [0.2, 0.25) is 0 Å². The van der Waals surface area contributed by atoms with Gasteiger partial charge in [0.1, 0.15) is 5.75 Å². The summed E-state index contributed by atoms with van der Waals surface area (Å²) in [5.41, 5.74) is 7.18. The molecule has 20 heavy (non-hydrogen) atoms. The lowest BCUT2D eigenvalue weighted by Crippen LogP contribution is -2.10. The summed E-state index contributed by atoms with van der Waals surface area (Å²) in [4.78, 5) is 0. The molecule has 0 aromatic heterocycles. The fraction of sp³-hybridized carbons (Fsp3) is 0.188. The van der Waals surface area contributed by atoms with E-state index in [1.54, 1.807) is 6.07 Å². The summed E-state index contributed by atoms with van der Waals surface area (Å²) in [6, 6.07) is 13.9. The van der Waals surface area contributed by atoms with Crippen molar-refractivity contribution in [2.75, 3.05) is 0 Å². The molecule has 1 aliphatic rings. The molecule has 2 aromatic rings. The molecule has 0 bridgehead atoms. The Hall–Kier alpha value is -1.81. The average molecular weight is 331 g/mol. The molecule has 102 valence electrons. The summed E-state index contributed by atoms with van der Waals surface area (Å²) in [6.45, 7) is 1.97. The zero-order valence-corrected chi connectivity index (χ0v) is 12.7. The van der Waals surface area contributed by atoms with Crippen LogP contribution in [0, 0.1) is 6.92 Å². The number of rotatable bonds is 2. The van der Waals surface area contributed by atoms with Gasteiger partial charge in [0.25, 0.3) is 0 Å². The Morgan fingerprint density at radius 1 is 1.20 bits per heavy atom. The Kier molecular flexibility index (Phi) is 3.49. The number of phenolic OH excluding ortho intramolecular Hbond substituents is 1. The molecule has 0 aliphatic carbocycles. The number of phenols is 1. The number of halogens is 1. The fourth-order valence-corrected chi connectivity index (χ4v) is 2.66. The quantitative estimate of drug-likeness (QED) is 0.877. The van der Waals surface area contributed by atoms with E-state index in [1.165, 1.54) is 0 Å². The molecule has 1 heterocycles. The zero-order valence-electron chi connectivity index (χ0n) is 11.1. The molecule has 2 aromatic carbocycles. The summed E-state index contributed by atoms with van der Waals surface area (Å²) in [7, 11) is 0. The lowest BCUT2D eigenvalue weighted by Gasteiger charge is -2.12. The average Bonchev–Trinajstić information content (AvgIpc) is 2.89. The minimum atomic E-state index is 0.0363. The van der Waals surface area contributed by atoms with Crippen LogP contribution < -0.4 is 5.43 Å². The van der Waals surface area contributed by atoms with Gasteiger partial charge in [-0.3, -0.25) is 0 Å². The first kappa shape index (κ1) is 13.2. The van der Waals surface area contributed by atoms with Crippen LogP contribution in [-0.2, 0) is 0 Å². The number of nitrogens with zero attached hydrogens (tertiary/aromatic N) is 1. The third-order valence-corrected chi connectivity index (χ3v) is 4.02. The van der Waals surface area contributed by atoms with Gasteiger partial charge in [-0.25, -0.2) is 0 Å². The van der Waals surface area contributed by atoms with Crippen LogP contribution in [-0.4, -0.2) is 10.8 Å². The molecule has 1 aliphatic heterocycles. The van der Waals surface area contributed by atoms with Gasteiger partial charge in [-0.2, -0.15) is 5.10 Å². The largest absolute Gasteiger partial charge is 0.508 e. The number of hydrogen-bond acceptors (Lipinski definition) is 3. The van der Waals surface area contributed by atoms with E-state index in [9.17, 15) is 5.11 Å². The molecule has 1 unspecified atom stereocenters. The highest BCUT2D eigenvalue weighted by molar-refractivity contribution is 9.10. The van der Waals surface area contributed by atoms with Gasteiger partial charge in [-0.05, 0) is 36.2 Å². The summed E-state index contributed by atoms with van der Waals surface area (Å²) in [5, 5.41) is 14.4. The van der Waals surface area contributed by atoms with Gasteiger partial charge >= 0.3 is 0 Å². The smallest absolute Gasteiger partial charge is 0.121 e. The van der Waals surface area contributed by atoms with Crippen molar-refractivity contribution in [3.63, 3.8) is 0 Å². The van der Waals surface area contributed by atoms with Crippen LogP contribution in [0.1, 0.15) is 29.2 Å². The van der Waals surface area contributed by atoms with E-state index in [1.807, 2.05) is 43.3 Å². The highest BCUT2D eigenvalue weighted by atomic mass is 79.9. The van der Waals surface area contributed by atoms with Gasteiger partial charge < -0.3 is 10.5 Å². The van der Waals surface area contributed by atoms with Gasteiger partial charge in [0.05, 0.1) is 11.8 Å². The molecule has 0 fully saturated rings. The number of benzene rings is 2. The molecular formula is C16H15BrN2O. The molecule has 0 saturated carbocycles. The van der Waals surface area contributed by atoms with Gasteiger partial charge in [-0.15, -0.1) is 0 Å². The van der Waals surface area contributed by atoms with E-state index in [2.05, 4.69) is 26.5 Å². The van der Waals surface area contributed by atoms with Crippen molar-refractivity contribution in [1.29, 1.82) is 0 Å². The second-order valence-corrected chi connectivity index (χ2v) is 5.93. The van der Waals surface area contributed by atoms with Gasteiger partial charge in [0, 0.05) is 16.5 Å².